The third-order valence-corrected chi connectivity index (χ3v) is 3.11. The number of hydrogen-bond donors (Lipinski definition) is 0. The van der Waals surface area contributed by atoms with Crippen LogP contribution in [0.15, 0.2) is 29.2 Å². The number of sulfone groups is 1. The van der Waals surface area contributed by atoms with E-state index in [-0.39, 0.29) is 22.1 Å². The van der Waals surface area contributed by atoms with Crippen LogP contribution in [0.5, 0.6) is 0 Å². The number of ketones is 1. The van der Waals surface area contributed by atoms with Crippen LogP contribution in [-0.2, 0) is 9.84 Å². The summed E-state index contributed by atoms with van der Waals surface area (Å²) in [5, 5.41) is 0. The molecular weight excluding hydrogens is 224 g/mol. The molecule has 0 fully saturated rings. The van der Waals surface area contributed by atoms with Gasteiger partial charge in [0.15, 0.2) is 15.6 Å². The molecule has 0 saturated carbocycles. The zero-order valence-electron chi connectivity index (χ0n) is 7.53. The van der Waals surface area contributed by atoms with Gasteiger partial charge in [0.2, 0.25) is 0 Å². The van der Waals surface area contributed by atoms with Crippen molar-refractivity contribution in [3.63, 3.8) is 0 Å². The van der Waals surface area contributed by atoms with Gasteiger partial charge < -0.3 is 0 Å². The Morgan fingerprint density at radius 3 is 2.43 bits per heavy atom. The highest BCUT2D eigenvalue weighted by atomic mass is 35.5. The van der Waals surface area contributed by atoms with Crippen LogP contribution in [0.2, 0.25) is 0 Å². The van der Waals surface area contributed by atoms with Crippen molar-refractivity contribution in [2.45, 2.75) is 4.90 Å². The fourth-order valence-electron chi connectivity index (χ4n) is 1.09. The molecule has 1 rings (SSSR count). The maximum atomic E-state index is 11.3. The lowest BCUT2D eigenvalue weighted by molar-refractivity contribution is 0.101. The zero-order valence-corrected chi connectivity index (χ0v) is 9.10. The van der Waals surface area contributed by atoms with Gasteiger partial charge in [-0.1, -0.05) is 18.2 Å². The van der Waals surface area contributed by atoms with Gasteiger partial charge in [0.25, 0.3) is 0 Å². The molecule has 0 aromatic heterocycles. The van der Waals surface area contributed by atoms with Crippen molar-refractivity contribution >= 4 is 27.2 Å². The van der Waals surface area contributed by atoms with Gasteiger partial charge in [-0.3, -0.25) is 4.79 Å². The molecule has 0 heterocycles. The second kappa shape index (κ2) is 4.11. The fraction of sp³-hybridized carbons (Fsp3) is 0.222. The molecule has 0 atom stereocenters. The predicted molar refractivity (Wildman–Crippen MR) is 54.6 cm³/mol. The number of carbonyl (C=O) groups excluding carboxylic acids is 1. The van der Waals surface area contributed by atoms with Gasteiger partial charge >= 0.3 is 0 Å². The summed E-state index contributed by atoms with van der Waals surface area (Å²) in [6.07, 6.45) is 1.06. The van der Waals surface area contributed by atoms with Gasteiger partial charge in [-0.2, -0.15) is 0 Å². The van der Waals surface area contributed by atoms with Crippen LogP contribution in [0.4, 0.5) is 0 Å². The summed E-state index contributed by atoms with van der Waals surface area (Å²) in [6.45, 7) is 0. The minimum atomic E-state index is -3.37. The molecule has 0 aliphatic carbocycles. The molecule has 1 aromatic rings. The Kier molecular flexibility index (Phi) is 3.29. The average Bonchev–Trinajstić information content (AvgIpc) is 2.15. The Hall–Kier alpha value is -0.870. The molecule has 76 valence electrons. The van der Waals surface area contributed by atoms with Crippen molar-refractivity contribution in [1.29, 1.82) is 0 Å². The Labute approximate surface area is 87.6 Å². The standard InChI is InChI=1S/C9H9ClO3S/c1-14(12,13)9-5-3-2-4-7(9)8(11)6-10/h2-5H,6H2,1H3. The van der Waals surface area contributed by atoms with Crippen molar-refractivity contribution in [2.75, 3.05) is 12.1 Å². The SMILES string of the molecule is CS(=O)(=O)c1ccccc1C(=O)CCl. The van der Waals surface area contributed by atoms with E-state index in [0.29, 0.717) is 0 Å². The van der Waals surface area contributed by atoms with E-state index >= 15 is 0 Å². The molecule has 1 aromatic carbocycles. The number of benzene rings is 1. The second-order valence-corrected chi connectivity index (χ2v) is 5.08. The molecule has 0 aliphatic rings. The molecule has 0 unspecified atom stereocenters. The van der Waals surface area contributed by atoms with Crippen LogP contribution >= 0.6 is 11.6 Å². The molecule has 0 N–H and O–H groups in total. The number of hydrogen-bond acceptors (Lipinski definition) is 3. The lowest BCUT2D eigenvalue weighted by atomic mass is 10.1. The first kappa shape index (κ1) is 11.2. The normalized spacial score (nSPS) is 11.3. The Morgan fingerprint density at radius 2 is 1.93 bits per heavy atom. The van der Waals surface area contributed by atoms with E-state index in [4.69, 9.17) is 11.6 Å². The molecule has 0 bridgehead atoms. The molecular formula is C9H9ClO3S. The molecule has 0 spiro atoms. The predicted octanol–water partition coefficient (Wildman–Crippen LogP) is 1.51. The lowest BCUT2D eigenvalue weighted by Crippen LogP contribution is -2.08. The summed E-state index contributed by atoms with van der Waals surface area (Å²) in [7, 11) is -3.37. The third-order valence-electron chi connectivity index (χ3n) is 1.71. The van der Waals surface area contributed by atoms with Crippen molar-refractivity contribution in [3.8, 4) is 0 Å². The van der Waals surface area contributed by atoms with Crippen molar-refractivity contribution in [1.82, 2.24) is 0 Å². The summed E-state index contributed by atoms with van der Waals surface area (Å²) in [5.41, 5.74) is 0.157. The largest absolute Gasteiger partial charge is 0.293 e. The quantitative estimate of drug-likeness (QED) is 0.586. The van der Waals surface area contributed by atoms with E-state index in [1.54, 1.807) is 12.1 Å². The maximum absolute atomic E-state index is 11.3. The van der Waals surface area contributed by atoms with Gasteiger partial charge in [-0.15, -0.1) is 11.6 Å². The highest BCUT2D eigenvalue weighted by Gasteiger charge is 2.16. The average molecular weight is 233 g/mol. The number of Topliss-reactive ketones (excluding diaryl/α,β-unsaturated/α-hetero) is 1. The smallest absolute Gasteiger partial charge is 0.178 e. The molecule has 14 heavy (non-hydrogen) atoms. The first-order chi connectivity index (χ1) is 6.46. The van der Waals surface area contributed by atoms with Gasteiger partial charge in [0, 0.05) is 11.8 Å². The lowest BCUT2D eigenvalue weighted by Gasteiger charge is -2.04. The minimum absolute atomic E-state index is 0.0330. The monoisotopic (exact) mass is 232 g/mol. The number of halogens is 1. The van der Waals surface area contributed by atoms with Gasteiger partial charge in [0.05, 0.1) is 10.8 Å². The minimum Gasteiger partial charge on any atom is -0.293 e. The molecule has 0 amide bonds. The van der Waals surface area contributed by atoms with Crippen LogP contribution in [0.25, 0.3) is 0 Å². The van der Waals surface area contributed by atoms with Crippen LogP contribution in [0.1, 0.15) is 10.4 Å². The number of alkyl halides is 1. The highest BCUT2D eigenvalue weighted by molar-refractivity contribution is 7.90. The molecule has 3 nitrogen and oxygen atoms in total. The van der Waals surface area contributed by atoms with Crippen molar-refractivity contribution in [2.24, 2.45) is 0 Å². The van der Waals surface area contributed by atoms with Gasteiger partial charge in [0.1, 0.15) is 0 Å². The van der Waals surface area contributed by atoms with Crippen LogP contribution < -0.4 is 0 Å². The summed E-state index contributed by atoms with van der Waals surface area (Å²) < 4.78 is 22.6. The Morgan fingerprint density at radius 1 is 1.36 bits per heavy atom. The Bertz CT molecular complexity index is 451. The van der Waals surface area contributed by atoms with Crippen LogP contribution in [0, 0.1) is 0 Å². The van der Waals surface area contributed by atoms with Crippen LogP contribution in [-0.4, -0.2) is 26.3 Å². The summed E-state index contributed by atoms with van der Waals surface area (Å²) in [6, 6.07) is 6.03. The molecule has 0 radical (unpaired) electrons. The second-order valence-electron chi connectivity index (χ2n) is 2.83. The topological polar surface area (TPSA) is 51.2 Å². The van der Waals surface area contributed by atoms with Gasteiger partial charge in [-0.25, -0.2) is 8.42 Å². The first-order valence-corrected chi connectivity index (χ1v) is 6.27. The van der Waals surface area contributed by atoms with Crippen molar-refractivity contribution in [3.05, 3.63) is 29.8 Å². The maximum Gasteiger partial charge on any atom is 0.178 e. The summed E-state index contributed by atoms with van der Waals surface area (Å²) in [4.78, 5) is 11.3. The van der Waals surface area contributed by atoms with E-state index in [1.807, 2.05) is 0 Å². The highest BCUT2D eigenvalue weighted by Crippen LogP contribution is 2.16. The van der Waals surface area contributed by atoms with Crippen LogP contribution in [0.3, 0.4) is 0 Å². The Balaban J connectivity index is 3.38. The summed E-state index contributed by atoms with van der Waals surface area (Å²) in [5.74, 6) is -0.598. The van der Waals surface area contributed by atoms with Gasteiger partial charge in [-0.05, 0) is 6.07 Å². The first-order valence-electron chi connectivity index (χ1n) is 3.85. The number of rotatable bonds is 3. The van der Waals surface area contributed by atoms with E-state index in [1.165, 1.54) is 12.1 Å². The molecule has 5 heteroatoms. The van der Waals surface area contributed by atoms with E-state index in [9.17, 15) is 13.2 Å². The summed E-state index contributed by atoms with van der Waals surface area (Å²) >= 11 is 5.36. The number of carbonyl (C=O) groups is 1. The zero-order chi connectivity index (χ0) is 10.8. The fourth-order valence-corrected chi connectivity index (χ4v) is 2.14. The van der Waals surface area contributed by atoms with E-state index < -0.39 is 9.84 Å². The molecule has 0 aliphatic heterocycles. The third kappa shape index (κ3) is 2.33. The molecule has 0 saturated heterocycles. The van der Waals surface area contributed by atoms with E-state index in [2.05, 4.69) is 0 Å². The van der Waals surface area contributed by atoms with E-state index in [0.717, 1.165) is 6.26 Å². The van der Waals surface area contributed by atoms with Crippen molar-refractivity contribution < 1.29 is 13.2 Å².